The number of para-hydroxylation sites is 2. The first-order chi connectivity index (χ1) is 15.3. The maximum atomic E-state index is 12.4. The van der Waals surface area contributed by atoms with E-state index < -0.39 is 0 Å². The molecular weight excluding hydrogens is 416 g/mol. The molecule has 0 aliphatic heterocycles. The summed E-state index contributed by atoms with van der Waals surface area (Å²) in [6.07, 6.45) is 3.69. The topological polar surface area (TPSA) is 143 Å². The first kappa shape index (κ1) is 26.1. The van der Waals surface area contributed by atoms with Crippen LogP contribution in [0.1, 0.15) is 31.5 Å². The quantitative estimate of drug-likeness (QED) is 0.493. The number of hydrogen-bond donors (Lipinski definition) is 3. The van der Waals surface area contributed by atoms with Crippen molar-refractivity contribution in [1.29, 1.82) is 0 Å². The van der Waals surface area contributed by atoms with E-state index >= 15 is 0 Å². The Balaban J connectivity index is 0.000000769. The Bertz CT molecular complexity index is 992. The van der Waals surface area contributed by atoms with Crippen LogP contribution in [-0.2, 0) is 22.7 Å². The maximum absolute atomic E-state index is 12.4. The molecular formula is C21H30N6O5. The fourth-order valence-corrected chi connectivity index (χ4v) is 3.08. The van der Waals surface area contributed by atoms with Gasteiger partial charge in [0, 0.05) is 38.6 Å². The number of aryl methyl sites for hydroxylation is 1. The molecule has 174 valence electrons. The summed E-state index contributed by atoms with van der Waals surface area (Å²) in [5, 5.41) is 16.8. The number of carbonyl (C=O) groups excluding carboxylic acids is 1. The van der Waals surface area contributed by atoms with E-state index in [9.17, 15) is 4.79 Å². The Morgan fingerprint density at radius 2 is 1.84 bits per heavy atom. The number of nitrogens with one attached hydrogen (secondary N) is 1. The van der Waals surface area contributed by atoms with Crippen molar-refractivity contribution < 1.29 is 24.6 Å². The molecule has 0 spiro atoms. The smallest absolute Gasteiger partial charge is 0.317 e. The third-order valence-electron chi connectivity index (χ3n) is 4.53. The van der Waals surface area contributed by atoms with Gasteiger partial charge < -0.3 is 29.6 Å². The lowest BCUT2D eigenvalue weighted by Crippen LogP contribution is -2.39. The number of nitrogens with zero attached hydrogens (tertiary/aromatic N) is 5. The van der Waals surface area contributed by atoms with Crippen molar-refractivity contribution in [2.24, 2.45) is 0 Å². The molecule has 1 aromatic carbocycles. The van der Waals surface area contributed by atoms with E-state index in [4.69, 9.17) is 19.8 Å². The molecule has 3 N–H and O–H groups in total. The average molecular weight is 447 g/mol. The SMILES string of the molecule is Cc1nccn1CCN(C)C(=O)NCc1nc2ccccc2n1C(C)C.O=CO.O=CO. The van der Waals surface area contributed by atoms with Crippen LogP contribution in [0.25, 0.3) is 11.0 Å². The van der Waals surface area contributed by atoms with Crippen LogP contribution in [0.15, 0.2) is 36.7 Å². The first-order valence-corrected chi connectivity index (χ1v) is 9.88. The number of benzene rings is 1. The number of aromatic nitrogens is 4. The van der Waals surface area contributed by atoms with Crippen LogP contribution in [0.3, 0.4) is 0 Å². The lowest BCUT2D eigenvalue weighted by molar-refractivity contribution is -0.123. The monoisotopic (exact) mass is 446 g/mol. The van der Waals surface area contributed by atoms with Crippen LogP contribution in [0.4, 0.5) is 4.79 Å². The van der Waals surface area contributed by atoms with E-state index in [0.29, 0.717) is 13.1 Å². The van der Waals surface area contributed by atoms with Crippen LogP contribution < -0.4 is 5.32 Å². The summed E-state index contributed by atoms with van der Waals surface area (Å²) in [4.78, 5) is 39.7. The van der Waals surface area contributed by atoms with Gasteiger partial charge in [-0.05, 0) is 32.9 Å². The second-order valence-electron chi connectivity index (χ2n) is 6.94. The van der Waals surface area contributed by atoms with E-state index in [1.807, 2.05) is 35.9 Å². The molecule has 2 amide bonds. The molecule has 0 aliphatic rings. The van der Waals surface area contributed by atoms with Crippen molar-refractivity contribution in [3.63, 3.8) is 0 Å². The summed E-state index contributed by atoms with van der Waals surface area (Å²) >= 11 is 0. The minimum atomic E-state index is -0.250. The number of imidazole rings is 2. The Hall–Kier alpha value is -3.89. The van der Waals surface area contributed by atoms with Crippen LogP contribution in [0.5, 0.6) is 0 Å². The Kier molecular flexibility index (Phi) is 11.0. The maximum Gasteiger partial charge on any atom is 0.317 e. The van der Waals surface area contributed by atoms with Gasteiger partial charge in [-0.1, -0.05) is 12.1 Å². The minimum Gasteiger partial charge on any atom is -0.483 e. The average Bonchev–Trinajstić information content (AvgIpc) is 3.34. The van der Waals surface area contributed by atoms with Gasteiger partial charge in [-0.25, -0.2) is 14.8 Å². The Labute approximate surface area is 186 Å². The minimum absolute atomic E-state index is 0.106. The van der Waals surface area contributed by atoms with Crippen molar-refractivity contribution in [3.05, 3.63) is 48.3 Å². The molecule has 0 saturated heterocycles. The summed E-state index contributed by atoms with van der Waals surface area (Å²) in [6, 6.07) is 8.22. The zero-order valence-electron chi connectivity index (χ0n) is 18.7. The van der Waals surface area contributed by atoms with E-state index in [0.717, 1.165) is 29.2 Å². The van der Waals surface area contributed by atoms with Gasteiger partial charge >= 0.3 is 6.03 Å². The molecule has 2 aromatic heterocycles. The van der Waals surface area contributed by atoms with Gasteiger partial charge in [0.1, 0.15) is 11.6 Å². The molecule has 0 atom stereocenters. The Morgan fingerprint density at radius 3 is 2.41 bits per heavy atom. The normalized spacial score (nSPS) is 9.91. The Morgan fingerprint density at radius 1 is 1.22 bits per heavy atom. The van der Waals surface area contributed by atoms with Crippen molar-refractivity contribution in [3.8, 4) is 0 Å². The number of amides is 2. The standard InChI is InChI=1S/C19H26N6O.2CH2O2/c1-14(2)25-17-8-6-5-7-16(17)22-18(25)13-21-19(26)23(4)11-12-24-10-9-20-15(24)3;2*2-1-3/h5-10,14H,11-13H2,1-4H3,(H,21,26);2*1H,(H,2,3). The molecule has 0 fully saturated rings. The molecule has 0 bridgehead atoms. The third kappa shape index (κ3) is 7.42. The second-order valence-corrected chi connectivity index (χ2v) is 6.94. The highest BCUT2D eigenvalue weighted by Gasteiger charge is 2.15. The molecule has 2 heterocycles. The van der Waals surface area contributed by atoms with Crippen molar-refractivity contribution in [1.82, 2.24) is 29.3 Å². The van der Waals surface area contributed by atoms with Gasteiger partial charge in [0.15, 0.2) is 0 Å². The van der Waals surface area contributed by atoms with Crippen LogP contribution in [-0.4, -0.2) is 66.8 Å². The van der Waals surface area contributed by atoms with Crippen LogP contribution in [0.2, 0.25) is 0 Å². The fourth-order valence-electron chi connectivity index (χ4n) is 3.08. The summed E-state index contributed by atoms with van der Waals surface area (Å²) in [5.41, 5.74) is 2.05. The van der Waals surface area contributed by atoms with E-state index in [2.05, 4.69) is 39.8 Å². The van der Waals surface area contributed by atoms with Crippen molar-refractivity contribution in [2.75, 3.05) is 13.6 Å². The van der Waals surface area contributed by atoms with Gasteiger partial charge in [0.25, 0.3) is 12.9 Å². The number of carbonyl (C=O) groups is 3. The zero-order chi connectivity index (χ0) is 24.1. The molecule has 3 aromatic rings. The molecule has 0 aliphatic carbocycles. The zero-order valence-corrected chi connectivity index (χ0v) is 18.7. The van der Waals surface area contributed by atoms with Crippen LogP contribution >= 0.6 is 0 Å². The number of urea groups is 1. The number of rotatable bonds is 6. The van der Waals surface area contributed by atoms with Crippen molar-refractivity contribution in [2.45, 2.75) is 39.9 Å². The number of likely N-dealkylation sites (N-methyl/N-ethyl adjacent to an activating group) is 1. The van der Waals surface area contributed by atoms with Gasteiger partial charge in [0.2, 0.25) is 0 Å². The fraction of sp³-hybridized carbons (Fsp3) is 0.381. The predicted octanol–water partition coefficient (Wildman–Crippen LogP) is 2.37. The van der Waals surface area contributed by atoms with E-state index in [1.165, 1.54) is 0 Å². The molecule has 11 heteroatoms. The molecule has 3 rings (SSSR count). The molecule has 0 saturated carbocycles. The van der Waals surface area contributed by atoms with Crippen LogP contribution in [0, 0.1) is 6.92 Å². The summed E-state index contributed by atoms with van der Waals surface area (Å²) in [7, 11) is 1.80. The molecule has 32 heavy (non-hydrogen) atoms. The summed E-state index contributed by atoms with van der Waals surface area (Å²) < 4.78 is 4.20. The highest BCUT2D eigenvalue weighted by Crippen LogP contribution is 2.20. The first-order valence-electron chi connectivity index (χ1n) is 9.88. The number of carboxylic acid groups (broad SMARTS) is 2. The van der Waals surface area contributed by atoms with Gasteiger partial charge in [0.05, 0.1) is 17.6 Å². The van der Waals surface area contributed by atoms with E-state index in [-0.39, 0.29) is 25.0 Å². The lowest BCUT2D eigenvalue weighted by Gasteiger charge is -2.19. The third-order valence-corrected chi connectivity index (χ3v) is 4.53. The largest absolute Gasteiger partial charge is 0.483 e. The second kappa shape index (κ2) is 13.4. The van der Waals surface area contributed by atoms with Crippen molar-refractivity contribution >= 4 is 30.0 Å². The molecule has 0 unspecified atom stereocenters. The lowest BCUT2D eigenvalue weighted by atomic mass is 10.3. The van der Waals surface area contributed by atoms with Gasteiger partial charge in [-0.15, -0.1) is 0 Å². The van der Waals surface area contributed by atoms with E-state index in [1.54, 1.807) is 18.1 Å². The van der Waals surface area contributed by atoms with Gasteiger partial charge in [-0.2, -0.15) is 0 Å². The molecule has 0 radical (unpaired) electrons. The summed E-state index contributed by atoms with van der Waals surface area (Å²) in [6.45, 7) is 7.44. The highest BCUT2D eigenvalue weighted by molar-refractivity contribution is 5.77. The summed E-state index contributed by atoms with van der Waals surface area (Å²) in [5.74, 6) is 1.82. The number of hydrogen-bond acceptors (Lipinski definition) is 5. The molecule has 11 nitrogen and oxygen atoms in total. The predicted molar refractivity (Wildman–Crippen MR) is 119 cm³/mol. The van der Waals surface area contributed by atoms with Gasteiger partial charge in [-0.3, -0.25) is 9.59 Å². The highest BCUT2D eigenvalue weighted by atomic mass is 16.3. The number of fused-ring (bicyclic) bond motifs is 1.